The van der Waals surface area contributed by atoms with Gasteiger partial charge >= 0.3 is 6.03 Å². The summed E-state index contributed by atoms with van der Waals surface area (Å²) in [6.45, 7) is 1.89. The predicted octanol–water partition coefficient (Wildman–Crippen LogP) is 3.47. The first-order valence-corrected chi connectivity index (χ1v) is 9.62. The van der Waals surface area contributed by atoms with E-state index in [0.29, 0.717) is 26.3 Å². The van der Waals surface area contributed by atoms with Gasteiger partial charge < -0.3 is 25.6 Å². The number of benzene rings is 1. The molecule has 0 aliphatic carbocycles. The second-order valence-corrected chi connectivity index (χ2v) is 8.83. The highest BCUT2D eigenvalue weighted by Gasteiger charge is 2.35. The Kier molecular flexibility index (Phi) is 7.85. The quantitative estimate of drug-likeness (QED) is 0.344. The Hall–Kier alpha value is -0.510. The Morgan fingerprint density at radius 2 is 1.96 bits per heavy atom. The lowest BCUT2D eigenvalue weighted by Gasteiger charge is -2.32. The van der Waals surface area contributed by atoms with Crippen molar-refractivity contribution in [1.82, 2.24) is 15.5 Å². The van der Waals surface area contributed by atoms with Crippen LogP contribution < -0.4 is 16.0 Å². The van der Waals surface area contributed by atoms with Crippen molar-refractivity contribution >= 4 is 79.8 Å². The van der Waals surface area contributed by atoms with Crippen LogP contribution in [0.4, 0.5) is 10.5 Å². The Balaban J connectivity index is 1.97. The van der Waals surface area contributed by atoms with Crippen LogP contribution in [0.15, 0.2) is 28.7 Å². The largest absolute Gasteiger partial charge is 0.378 e. The van der Waals surface area contributed by atoms with Crippen LogP contribution in [0.1, 0.15) is 0 Å². The molecule has 1 aromatic carbocycles. The molecule has 3 N–H and O–H groups in total. The Labute approximate surface area is 174 Å². The van der Waals surface area contributed by atoms with E-state index in [1.807, 2.05) is 24.3 Å². The molecule has 1 saturated heterocycles. The van der Waals surface area contributed by atoms with Crippen molar-refractivity contribution in [3.8, 4) is 0 Å². The summed E-state index contributed by atoms with van der Waals surface area (Å²) in [5.74, 6) is 0. The summed E-state index contributed by atoms with van der Waals surface area (Å²) in [6.07, 6.45) is -1.01. The Bertz CT molecular complexity index is 626. The van der Waals surface area contributed by atoms with Crippen LogP contribution in [0.2, 0.25) is 0 Å². The van der Waals surface area contributed by atoms with Crippen molar-refractivity contribution < 1.29 is 9.53 Å². The van der Waals surface area contributed by atoms with Gasteiger partial charge in [-0.15, -0.1) is 0 Å². The average Bonchev–Trinajstić information content (AvgIpc) is 2.54. The lowest BCUT2D eigenvalue weighted by atomic mass is 10.3. The smallest absolute Gasteiger partial charge is 0.319 e. The molecular weight excluding hydrogens is 475 g/mol. The summed E-state index contributed by atoms with van der Waals surface area (Å²) in [7, 11) is 0. The van der Waals surface area contributed by atoms with E-state index >= 15 is 0 Å². The number of alkyl halides is 3. The number of morpholine rings is 1. The normalized spacial score (nSPS) is 16.1. The van der Waals surface area contributed by atoms with Crippen molar-refractivity contribution in [1.29, 1.82) is 0 Å². The first-order valence-electron chi connectivity index (χ1n) is 7.28. The molecule has 0 saturated carbocycles. The summed E-state index contributed by atoms with van der Waals surface area (Å²) < 4.78 is 4.30. The van der Waals surface area contributed by atoms with Gasteiger partial charge in [0.2, 0.25) is 3.79 Å². The number of anilines is 1. The Morgan fingerprint density at radius 3 is 2.56 bits per heavy atom. The summed E-state index contributed by atoms with van der Waals surface area (Å²) in [4.78, 5) is 13.9. The van der Waals surface area contributed by atoms with Gasteiger partial charge in [-0.05, 0) is 30.4 Å². The van der Waals surface area contributed by atoms with E-state index in [-0.39, 0.29) is 11.1 Å². The number of hydrogen-bond donors (Lipinski definition) is 3. The minimum absolute atomic E-state index is 0.205. The highest BCUT2D eigenvalue weighted by Crippen LogP contribution is 2.29. The summed E-state index contributed by atoms with van der Waals surface area (Å²) in [5.41, 5.74) is 0.745. The molecule has 0 aromatic heterocycles. The third kappa shape index (κ3) is 6.96. The molecular formula is C14H16BrCl3N4O2S. The van der Waals surface area contributed by atoms with Crippen molar-refractivity contribution in [3.05, 3.63) is 28.7 Å². The molecule has 1 aliphatic heterocycles. The number of thiocarbonyl (C=S) groups is 1. The van der Waals surface area contributed by atoms with E-state index < -0.39 is 9.96 Å². The van der Waals surface area contributed by atoms with E-state index in [1.165, 1.54) is 0 Å². The van der Waals surface area contributed by atoms with E-state index in [1.54, 1.807) is 4.90 Å². The minimum atomic E-state index is -1.80. The standard InChI is InChI=1S/C14H16BrCl3N4O2S/c15-9-2-1-3-10(8-9)19-12(25)20-11(14(16,17)18)21-13(23)22-4-6-24-7-5-22/h1-3,8,11H,4-7H2,(H,21,23)(H2,19,20,25)/t11-/m1/s1. The monoisotopic (exact) mass is 488 g/mol. The molecule has 11 heteroatoms. The number of ether oxygens (including phenoxy) is 1. The maximum atomic E-state index is 12.3. The summed E-state index contributed by atoms with van der Waals surface area (Å²) >= 11 is 26.5. The van der Waals surface area contributed by atoms with Gasteiger partial charge in [-0.3, -0.25) is 0 Å². The minimum Gasteiger partial charge on any atom is -0.378 e. The van der Waals surface area contributed by atoms with Gasteiger partial charge in [0.05, 0.1) is 13.2 Å². The number of nitrogens with zero attached hydrogens (tertiary/aromatic N) is 1. The van der Waals surface area contributed by atoms with Gasteiger partial charge in [-0.1, -0.05) is 56.8 Å². The van der Waals surface area contributed by atoms with Gasteiger partial charge in [0.15, 0.2) is 11.3 Å². The first kappa shape index (κ1) is 20.8. The van der Waals surface area contributed by atoms with Crippen LogP contribution in [-0.2, 0) is 4.74 Å². The molecule has 1 fully saturated rings. The lowest BCUT2D eigenvalue weighted by molar-refractivity contribution is 0.0524. The molecule has 0 radical (unpaired) electrons. The zero-order valence-corrected chi connectivity index (χ0v) is 17.6. The predicted molar refractivity (Wildman–Crippen MR) is 109 cm³/mol. The zero-order valence-electron chi connectivity index (χ0n) is 12.9. The van der Waals surface area contributed by atoms with Crippen molar-refractivity contribution in [3.63, 3.8) is 0 Å². The molecule has 0 bridgehead atoms. The fraction of sp³-hybridized carbons (Fsp3) is 0.429. The molecule has 6 nitrogen and oxygen atoms in total. The van der Waals surface area contributed by atoms with Crippen molar-refractivity contribution in [2.75, 3.05) is 31.6 Å². The molecule has 25 heavy (non-hydrogen) atoms. The number of hydrogen-bond acceptors (Lipinski definition) is 3. The molecule has 0 spiro atoms. The number of halogens is 4. The highest BCUT2D eigenvalue weighted by molar-refractivity contribution is 9.10. The second-order valence-electron chi connectivity index (χ2n) is 5.13. The number of amides is 2. The van der Waals surface area contributed by atoms with E-state index in [2.05, 4.69) is 31.9 Å². The third-order valence-electron chi connectivity index (χ3n) is 3.25. The third-order valence-corrected chi connectivity index (χ3v) is 4.62. The molecule has 1 aromatic rings. The molecule has 1 atom stereocenters. The SMILES string of the molecule is O=C(N[C@@H](NC(=S)Nc1cccc(Br)c1)C(Cl)(Cl)Cl)N1CCOCC1. The number of carbonyl (C=O) groups excluding carboxylic acids is 1. The zero-order chi connectivity index (χ0) is 18.4. The summed E-state index contributed by atoms with van der Waals surface area (Å²) in [5, 5.41) is 8.63. The average molecular weight is 491 g/mol. The molecule has 0 unspecified atom stereocenters. The van der Waals surface area contributed by atoms with Crippen LogP contribution in [0, 0.1) is 0 Å². The van der Waals surface area contributed by atoms with E-state index in [4.69, 9.17) is 51.8 Å². The van der Waals surface area contributed by atoms with Gasteiger partial charge in [0.1, 0.15) is 0 Å². The first-order chi connectivity index (χ1) is 11.8. The fourth-order valence-corrected chi connectivity index (χ4v) is 3.01. The Morgan fingerprint density at radius 1 is 1.28 bits per heavy atom. The number of rotatable bonds is 3. The van der Waals surface area contributed by atoms with Crippen LogP contribution >= 0.6 is 63.0 Å². The molecule has 2 rings (SSSR count). The van der Waals surface area contributed by atoms with E-state index in [9.17, 15) is 4.79 Å². The van der Waals surface area contributed by atoms with Gasteiger partial charge in [0.25, 0.3) is 0 Å². The number of carbonyl (C=O) groups is 1. The van der Waals surface area contributed by atoms with Crippen molar-refractivity contribution in [2.24, 2.45) is 0 Å². The second kappa shape index (κ2) is 9.43. The highest BCUT2D eigenvalue weighted by atomic mass is 79.9. The van der Waals surface area contributed by atoms with Gasteiger partial charge in [0, 0.05) is 23.2 Å². The maximum Gasteiger partial charge on any atom is 0.319 e. The summed E-state index contributed by atoms with van der Waals surface area (Å²) in [6, 6.07) is 7.04. The van der Waals surface area contributed by atoms with Crippen LogP contribution in [-0.4, -0.2) is 52.3 Å². The van der Waals surface area contributed by atoms with Crippen LogP contribution in [0.3, 0.4) is 0 Å². The molecule has 138 valence electrons. The van der Waals surface area contributed by atoms with Gasteiger partial charge in [-0.25, -0.2) is 4.79 Å². The topological polar surface area (TPSA) is 65.6 Å². The van der Waals surface area contributed by atoms with Crippen LogP contribution in [0.25, 0.3) is 0 Å². The molecule has 1 heterocycles. The molecule has 2 amide bonds. The number of urea groups is 1. The van der Waals surface area contributed by atoms with Crippen LogP contribution in [0.5, 0.6) is 0 Å². The lowest BCUT2D eigenvalue weighted by Crippen LogP contribution is -2.59. The number of nitrogens with one attached hydrogen (secondary N) is 3. The fourth-order valence-electron chi connectivity index (χ4n) is 2.05. The van der Waals surface area contributed by atoms with Gasteiger partial charge in [-0.2, -0.15) is 0 Å². The maximum absolute atomic E-state index is 12.3. The molecule has 1 aliphatic rings. The van der Waals surface area contributed by atoms with E-state index in [0.717, 1.165) is 10.2 Å². The van der Waals surface area contributed by atoms with Crippen molar-refractivity contribution in [2.45, 2.75) is 9.96 Å².